The standard InChI is InChI=1S/C16H18ClNO6S/c1-10(19)7-15(20)18-9-11(8-13(18)16(21)24-2)25(22,23)14-6-4-3-5-12(14)17/h3-6,11,13H,7-9H2,1-2H3/t11-,13?/m1/s1. The van der Waals surface area contributed by atoms with E-state index < -0.39 is 39.4 Å². The van der Waals surface area contributed by atoms with Crippen molar-refractivity contribution in [3.63, 3.8) is 0 Å². The molecule has 136 valence electrons. The van der Waals surface area contributed by atoms with Crippen LogP contribution in [0.25, 0.3) is 0 Å². The highest BCUT2D eigenvalue weighted by molar-refractivity contribution is 7.92. The maximum absolute atomic E-state index is 12.9. The summed E-state index contributed by atoms with van der Waals surface area (Å²) in [4.78, 5) is 36.5. The summed E-state index contributed by atoms with van der Waals surface area (Å²) >= 11 is 5.99. The van der Waals surface area contributed by atoms with Crippen LogP contribution in [0.3, 0.4) is 0 Å². The minimum Gasteiger partial charge on any atom is -0.467 e. The molecule has 0 bridgehead atoms. The lowest BCUT2D eigenvalue weighted by Crippen LogP contribution is -2.41. The topological polar surface area (TPSA) is 97.8 Å². The first-order chi connectivity index (χ1) is 11.7. The van der Waals surface area contributed by atoms with Crippen molar-refractivity contribution in [2.75, 3.05) is 13.7 Å². The van der Waals surface area contributed by atoms with E-state index in [-0.39, 0.29) is 28.7 Å². The van der Waals surface area contributed by atoms with E-state index in [1.54, 1.807) is 12.1 Å². The fraction of sp³-hybridized carbons (Fsp3) is 0.438. The minimum absolute atomic E-state index is 0.0499. The first kappa shape index (κ1) is 19.4. The molecule has 1 amide bonds. The molecule has 9 heteroatoms. The Morgan fingerprint density at radius 1 is 1.28 bits per heavy atom. The molecule has 0 spiro atoms. The number of ketones is 1. The van der Waals surface area contributed by atoms with Crippen LogP contribution in [0.2, 0.25) is 5.02 Å². The van der Waals surface area contributed by atoms with E-state index >= 15 is 0 Å². The predicted molar refractivity (Wildman–Crippen MR) is 89.9 cm³/mol. The van der Waals surface area contributed by atoms with Crippen LogP contribution in [0.5, 0.6) is 0 Å². The van der Waals surface area contributed by atoms with Gasteiger partial charge in [-0.1, -0.05) is 23.7 Å². The van der Waals surface area contributed by atoms with Gasteiger partial charge in [0.15, 0.2) is 9.84 Å². The van der Waals surface area contributed by atoms with Crippen LogP contribution in [0.1, 0.15) is 19.8 Å². The summed E-state index contributed by atoms with van der Waals surface area (Å²) in [6, 6.07) is 4.95. The van der Waals surface area contributed by atoms with Gasteiger partial charge in [0.25, 0.3) is 0 Å². The fourth-order valence-electron chi connectivity index (χ4n) is 2.83. The van der Waals surface area contributed by atoms with Gasteiger partial charge < -0.3 is 9.64 Å². The number of benzene rings is 1. The van der Waals surface area contributed by atoms with Crippen molar-refractivity contribution in [2.24, 2.45) is 0 Å². The first-order valence-electron chi connectivity index (χ1n) is 7.53. The molecule has 2 rings (SSSR count). The van der Waals surface area contributed by atoms with E-state index in [4.69, 9.17) is 11.6 Å². The van der Waals surface area contributed by atoms with Crippen molar-refractivity contribution in [3.05, 3.63) is 29.3 Å². The Morgan fingerprint density at radius 3 is 2.48 bits per heavy atom. The molecular weight excluding hydrogens is 370 g/mol. The molecule has 1 aliphatic rings. The third-order valence-electron chi connectivity index (χ3n) is 4.04. The number of esters is 1. The molecule has 0 saturated carbocycles. The maximum atomic E-state index is 12.9. The summed E-state index contributed by atoms with van der Waals surface area (Å²) in [7, 11) is -2.70. The SMILES string of the molecule is COC(=O)C1C[C@@H](S(=O)(=O)c2ccccc2Cl)CN1C(=O)CC(C)=O. The second kappa shape index (κ2) is 7.53. The molecule has 1 fully saturated rings. The Hall–Kier alpha value is -1.93. The molecule has 2 atom stereocenters. The summed E-state index contributed by atoms with van der Waals surface area (Å²) in [6.45, 7) is 1.05. The minimum atomic E-state index is -3.86. The van der Waals surface area contributed by atoms with Crippen molar-refractivity contribution >= 4 is 39.1 Å². The van der Waals surface area contributed by atoms with Gasteiger partial charge in [0.2, 0.25) is 5.91 Å². The number of carbonyl (C=O) groups excluding carboxylic acids is 3. The monoisotopic (exact) mass is 387 g/mol. The second-order valence-electron chi connectivity index (χ2n) is 5.80. The highest BCUT2D eigenvalue weighted by Gasteiger charge is 2.46. The van der Waals surface area contributed by atoms with E-state index in [9.17, 15) is 22.8 Å². The van der Waals surface area contributed by atoms with Crippen LogP contribution in [0, 0.1) is 0 Å². The molecule has 1 aromatic rings. The van der Waals surface area contributed by atoms with E-state index in [0.29, 0.717) is 0 Å². The summed E-state index contributed by atoms with van der Waals surface area (Å²) < 4.78 is 30.4. The smallest absolute Gasteiger partial charge is 0.328 e. The van der Waals surface area contributed by atoms with Gasteiger partial charge in [0, 0.05) is 6.54 Å². The summed E-state index contributed by atoms with van der Waals surface area (Å²) in [5.74, 6) is -1.68. The number of hydrogen-bond acceptors (Lipinski definition) is 6. The molecular formula is C16H18ClNO6S. The highest BCUT2D eigenvalue weighted by atomic mass is 35.5. The fourth-order valence-corrected chi connectivity index (χ4v) is 5.04. The molecule has 0 aliphatic carbocycles. The lowest BCUT2D eigenvalue weighted by atomic mass is 10.2. The summed E-state index contributed by atoms with van der Waals surface area (Å²) in [5, 5.41) is -0.932. The Balaban J connectivity index is 2.35. The van der Waals surface area contributed by atoms with Crippen LogP contribution in [0.4, 0.5) is 0 Å². The Bertz CT molecular complexity index is 807. The molecule has 0 aromatic heterocycles. The zero-order chi connectivity index (χ0) is 18.8. The molecule has 1 unspecified atom stereocenters. The van der Waals surface area contributed by atoms with Crippen LogP contribution in [-0.4, -0.2) is 55.9 Å². The van der Waals surface area contributed by atoms with Crippen LogP contribution < -0.4 is 0 Å². The van der Waals surface area contributed by atoms with Crippen molar-refractivity contribution in [3.8, 4) is 0 Å². The van der Waals surface area contributed by atoms with Gasteiger partial charge in [-0.25, -0.2) is 13.2 Å². The molecule has 1 aliphatic heterocycles. The maximum Gasteiger partial charge on any atom is 0.328 e. The second-order valence-corrected chi connectivity index (χ2v) is 8.40. The number of halogens is 1. The normalized spacial score (nSPS) is 20.4. The molecule has 1 saturated heterocycles. The summed E-state index contributed by atoms with van der Waals surface area (Å²) in [6.07, 6.45) is -0.504. The number of carbonyl (C=O) groups is 3. The van der Waals surface area contributed by atoms with E-state index in [1.165, 1.54) is 19.1 Å². The lowest BCUT2D eigenvalue weighted by molar-refractivity contribution is -0.151. The largest absolute Gasteiger partial charge is 0.467 e. The molecule has 1 heterocycles. The Morgan fingerprint density at radius 2 is 1.92 bits per heavy atom. The molecule has 7 nitrogen and oxygen atoms in total. The lowest BCUT2D eigenvalue weighted by Gasteiger charge is -2.22. The third-order valence-corrected chi connectivity index (χ3v) is 6.67. The number of hydrogen-bond donors (Lipinski definition) is 0. The summed E-state index contributed by atoms with van der Waals surface area (Å²) in [5.41, 5.74) is 0. The van der Waals surface area contributed by atoms with Crippen molar-refractivity contribution in [1.82, 2.24) is 4.90 Å². The average molecular weight is 388 g/mol. The average Bonchev–Trinajstić information content (AvgIpc) is 3.00. The molecule has 0 radical (unpaired) electrons. The van der Waals surface area contributed by atoms with Crippen molar-refractivity contribution in [2.45, 2.75) is 36.0 Å². The number of sulfone groups is 1. The van der Waals surface area contributed by atoms with Crippen LogP contribution >= 0.6 is 11.6 Å². The van der Waals surface area contributed by atoms with Gasteiger partial charge >= 0.3 is 5.97 Å². The highest BCUT2D eigenvalue weighted by Crippen LogP contribution is 2.32. The number of ether oxygens (including phenoxy) is 1. The van der Waals surface area contributed by atoms with Gasteiger partial charge in [0.05, 0.1) is 28.7 Å². The molecule has 0 N–H and O–H groups in total. The zero-order valence-electron chi connectivity index (χ0n) is 13.8. The Labute approximate surface area is 150 Å². The third kappa shape index (κ3) is 4.01. The van der Waals surface area contributed by atoms with Gasteiger partial charge in [-0.2, -0.15) is 0 Å². The number of likely N-dealkylation sites (tertiary alicyclic amines) is 1. The van der Waals surface area contributed by atoms with Gasteiger partial charge in [-0.05, 0) is 25.5 Å². The zero-order valence-corrected chi connectivity index (χ0v) is 15.3. The predicted octanol–water partition coefficient (Wildman–Crippen LogP) is 1.24. The number of nitrogens with zero attached hydrogens (tertiary/aromatic N) is 1. The molecule has 1 aromatic carbocycles. The van der Waals surface area contributed by atoms with E-state index in [2.05, 4.69) is 4.74 Å². The van der Waals surface area contributed by atoms with Gasteiger partial charge in [-0.3, -0.25) is 9.59 Å². The number of methoxy groups -OCH3 is 1. The number of rotatable bonds is 5. The van der Waals surface area contributed by atoms with E-state index in [0.717, 1.165) is 12.0 Å². The van der Waals surface area contributed by atoms with Crippen LogP contribution in [0.15, 0.2) is 29.2 Å². The van der Waals surface area contributed by atoms with Gasteiger partial charge in [-0.15, -0.1) is 0 Å². The van der Waals surface area contributed by atoms with Gasteiger partial charge in [0.1, 0.15) is 11.8 Å². The van der Waals surface area contributed by atoms with Crippen molar-refractivity contribution in [1.29, 1.82) is 0 Å². The number of Topliss-reactive ketones (excluding diaryl/α,β-unsaturated/α-hetero) is 1. The Kier molecular flexibility index (Phi) is 5.84. The molecule has 25 heavy (non-hydrogen) atoms. The van der Waals surface area contributed by atoms with Crippen molar-refractivity contribution < 1.29 is 27.5 Å². The number of amides is 1. The first-order valence-corrected chi connectivity index (χ1v) is 9.46. The quantitative estimate of drug-likeness (QED) is 0.556. The van der Waals surface area contributed by atoms with E-state index in [1.807, 2.05) is 0 Å². The van der Waals surface area contributed by atoms with Crippen LogP contribution in [-0.2, 0) is 29.0 Å².